The van der Waals surface area contributed by atoms with E-state index < -0.39 is 5.60 Å². The average molecular weight is 446 g/mol. The minimum Gasteiger partial charge on any atom is -0.393 e. The fourth-order valence-corrected chi connectivity index (χ4v) is 8.23. The second-order valence-corrected chi connectivity index (χ2v) is 11.6. The zero-order chi connectivity index (χ0) is 23.3. The van der Waals surface area contributed by atoms with Crippen molar-refractivity contribution in [1.29, 1.82) is 0 Å². The molecule has 0 amide bonds. The fourth-order valence-electron chi connectivity index (χ4n) is 8.23. The van der Waals surface area contributed by atoms with E-state index in [0.717, 1.165) is 43.5 Å². The highest BCUT2D eigenvalue weighted by molar-refractivity contribution is 5.96. The van der Waals surface area contributed by atoms with Crippen LogP contribution in [0.4, 0.5) is 0 Å². The molecule has 32 heavy (non-hydrogen) atoms. The van der Waals surface area contributed by atoms with Crippen LogP contribution in [0.25, 0.3) is 0 Å². The standard InChI is InChI=1S/C26H43N3O3/c1-17-15-20-21(24(3)10-7-19(16-23(17)24)28-32-14-13-30)8-11-25(4)22(20)9-12-26(25,31)18(2)27-29(5)6/h16-17,20-22,30-31H,7-15H2,1-6H3/b27-18-,28-19+/t17-,20+,21-,22-,24+,25-,26-/m0/s1. The number of fused-ring (bicyclic) bond motifs is 5. The van der Waals surface area contributed by atoms with E-state index in [1.54, 1.807) is 5.57 Å². The highest BCUT2D eigenvalue weighted by Gasteiger charge is 2.65. The Labute approximate surface area is 193 Å². The van der Waals surface area contributed by atoms with E-state index in [4.69, 9.17) is 9.94 Å². The molecule has 4 aliphatic carbocycles. The first kappa shape index (κ1) is 23.7. The topological polar surface area (TPSA) is 77.7 Å². The molecule has 0 unspecified atom stereocenters. The lowest BCUT2D eigenvalue weighted by atomic mass is 9.44. The number of oxime groups is 1. The number of hydrazone groups is 1. The minimum atomic E-state index is -0.802. The zero-order valence-corrected chi connectivity index (χ0v) is 20.9. The molecule has 0 aromatic rings. The molecule has 4 aliphatic rings. The SMILES string of the molecule is C/C(=N/N(C)C)[C@@]1(O)CC[C@H]2[C@@H]3C[C@H](C)C4=C/C(=N/OCCO)CC[C@]4(C)[C@H]3CC[C@@]21C. The van der Waals surface area contributed by atoms with Gasteiger partial charge in [0.05, 0.1) is 18.0 Å². The average Bonchev–Trinajstić information content (AvgIpc) is 3.01. The van der Waals surface area contributed by atoms with Gasteiger partial charge in [-0.15, -0.1) is 0 Å². The molecule has 2 N–H and O–H groups in total. The van der Waals surface area contributed by atoms with E-state index in [9.17, 15) is 5.11 Å². The van der Waals surface area contributed by atoms with Crippen molar-refractivity contribution >= 4 is 11.4 Å². The van der Waals surface area contributed by atoms with Crippen molar-refractivity contribution in [2.24, 2.45) is 44.8 Å². The quantitative estimate of drug-likeness (QED) is 0.377. The van der Waals surface area contributed by atoms with Crippen molar-refractivity contribution in [3.63, 3.8) is 0 Å². The molecule has 4 rings (SSSR count). The molecule has 6 heteroatoms. The Balaban J connectivity index is 1.63. The predicted molar refractivity (Wildman–Crippen MR) is 128 cm³/mol. The van der Waals surface area contributed by atoms with Crippen molar-refractivity contribution in [2.45, 2.75) is 78.2 Å². The number of aliphatic hydroxyl groups is 2. The smallest absolute Gasteiger partial charge is 0.140 e. The Bertz CT molecular complexity index is 821. The summed E-state index contributed by atoms with van der Waals surface area (Å²) in [6.45, 7) is 9.48. The molecule has 180 valence electrons. The van der Waals surface area contributed by atoms with Crippen LogP contribution in [-0.4, -0.2) is 59.6 Å². The second kappa shape index (κ2) is 8.43. The first-order valence-corrected chi connectivity index (χ1v) is 12.5. The van der Waals surface area contributed by atoms with Gasteiger partial charge in [0, 0.05) is 19.5 Å². The van der Waals surface area contributed by atoms with E-state index in [0.29, 0.717) is 23.7 Å². The second-order valence-electron chi connectivity index (χ2n) is 11.6. The molecule has 3 fully saturated rings. The normalized spacial score (nSPS) is 45.1. The Morgan fingerprint density at radius 3 is 2.59 bits per heavy atom. The summed E-state index contributed by atoms with van der Waals surface area (Å²) in [7, 11) is 3.87. The molecule has 6 nitrogen and oxygen atoms in total. The summed E-state index contributed by atoms with van der Waals surface area (Å²) in [4.78, 5) is 5.27. The molecular weight excluding hydrogens is 402 g/mol. The van der Waals surface area contributed by atoms with E-state index in [1.807, 2.05) is 26.0 Å². The first-order valence-electron chi connectivity index (χ1n) is 12.5. The van der Waals surface area contributed by atoms with Gasteiger partial charge >= 0.3 is 0 Å². The lowest BCUT2D eigenvalue weighted by Gasteiger charge is -2.60. The van der Waals surface area contributed by atoms with E-state index in [1.165, 1.54) is 12.8 Å². The lowest BCUT2D eigenvalue weighted by molar-refractivity contribution is -0.100. The van der Waals surface area contributed by atoms with Crippen LogP contribution < -0.4 is 0 Å². The highest BCUT2D eigenvalue weighted by atomic mass is 16.6. The Kier molecular flexibility index (Phi) is 6.25. The first-order chi connectivity index (χ1) is 15.1. The molecule has 0 bridgehead atoms. The van der Waals surface area contributed by atoms with Crippen molar-refractivity contribution in [2.75, 3.05) is 27.3 Å². The number of nitrogens with zero attached hydrogens (tertiary/aromatic N) is 3. The van der Waals surface area contributed by atoms with Crippen LogP contribution in [0.2, 0.25) is 0 Å². The van der Waals surface area contributed by atoms with Crippen LogP contribution in [0.3, 0.4) is 0 Å². The molecule has 0 saturated heterocycles. The summed E-state index contributed by atoms with van der Waals surface area (Å²) in [5.41, 5.74) is 2.73. The zero-order valence-electron chi connectivity index (χ0n) is 20.9. The van der Waals surface area contributed by atoms with Crippen molar-refractivity contribution in [1.82, 2.24) is 5.01 Å². The Hall–Kier alpha value is -1.40. The number of hydrogen-bond donors (Lipinski definition) is 2. The fraction of sp³-hybridized carbons (Fsp3) is 0.846. The van der Waals surface area contributed by atoms with Gasteiger partial charge in [-0.05, 0) is 87.0 Å². The number of hydrogen-bond acceptors (Lipinski definition) is 6. The van der Waals surface area contributed by atoms with E-state index >= 15 is 0 Å². The van der Waals surface area contributed by atoms with Crippen LogP contribution in [0.15, 0.2) is 21.9 Å². The van der Waals surface area contributed by atoms with Crippen LogP contribution in [0.5, 0.6) is 0 Å². The van der Waals surface area contributed by atoms with Crippen LogP contribution in [0, 0.1) is 34.5 Å². The minimum absolute atomic E-state index is 0.00352. The summed E-state index contributed by atoms with van der Waals surface area (Å²) >= 11 is 0. The van der Waals surface area contributed by atoms with Gasteiger partial charge in [0.15, 0.2) is 0 Å². The van der Waals surface area contributed by atoms with E-state index in [-0.39, 0.29) is 24.0 Å². The van der Waals surface area contributed by atoms with E-state index in [2.05, 4.69) is 37.1 Å². The maximum absolute atomic E-state index is 11.9. The summed E-state index contributed by atoms with van der Waals surface area (Å²) in [5, 5.41) is 31.7. The van der Waals surface area contributed by atoms with Gasteiger partial charge in [-0.3, -0.25) is 0 Å². The van der Waals surface area contributed by atoms with Gasteiger partial charge < -0.3 is 20.1 Å². The molecule has 0 spiro atoms. The molecule has 0 radical (unpaired) electrons. The molecule has 3 saturated carbocycles. The van der Waals surface area contributed by atoms with Crippen molar-refractivity contribution in [3.05, 3.63) is 11.6 Å². The van der Waals surface area contributed by atoms with Crippen LogP contribution in [-0.2, 0) is 4.84 Å². The summed E-state index contributed by atoms with van der Waals surface area (Å²) < 4.78 is 0. The maximum atomic E-state index is 11.9. The number of rotatable bonds is 5. The van der Waals surface area contributed by atoms with Crippen LogP contribution in [0.1, 0.15) is 72.6 Å². The third kappa shape index (κ3) is 3.53. The predicted octanol–water partition coefficient (Wildman–Crippen LogP) is 4.23. The van der Waals surface area contributed by atoms with Gasteiger partial charge in [-0.2, -0.15) is 5.10 Å². The molecule has 7 atom stereocenters. The monoisotopic (exact) mass is 445 g/mol. The highest BCUT2D eigenvalue weighted by Crippen LogP contribution is 2.68. The number of allylic oxidation sites excluding steroid dienone is 2. The Morgan fingerprint density at radius 2 is 1.91 bits per heavy atom. The Morgan fingerprint density at radius 1 is 1.19 bits per heavy atom. The third-order valence-corrected chi connectivity index (χ3v) is 9.76. The van der Waals surface area contributed by atoms with Gasteiger partial charge in [0.2, 0.25) is 0 Å². The summed E-state index contributed by atoms with van der Waals surface area (Å²) in [6.07, 6.45) is 9.69. The van der Waals surface area contributed by atoms with Crippen molar-refractivity contribution < 1.29 is 15.1 Å². The third-order valence-electron chi connectivity index (χ3n) is 9.76. The largest absolute Gasteiger partial charge is 0.393 e. The van der Waals surface area contributed by atoms with Crippen LogP contribution >= 0.6 is 0 Å². The lowest BCUT2D eigenvalue weighted by Crippen LogP contribution is -2.58. The van der Waals surface area contributed by atoms with Gasteiger partial charge in [-0.1, -0.05) is 31.5 Å². The molecule has 0 aromatic heterocycles. The number of aliphatic hydroxyl groups excluding tert-OH is 1. The molecular formula is C26H43N3O3. The van der Waals surface area contributed by atoms with Crippen molar-refractivity contribution in [3.8, 4) is 0 Å². The molecule has 0 aliphatic heterocycles. The summed E-state index contributed by atoms with van der Waals surface area (Å²) in [6, 6.07) is 0. The molecule has 0 heterocycles. The van der Waals surface area contributed by atoms with Gasteiger partial charge in [0.1, 0.15) is 12.2 Å². The maximum Gasteiger partial charge on any atom is 0.140 e. The summed E-state index contributed by atoms with van der Waals surface area (Å²) in [5.74, 6) is 2.37. The van der Waals surface area contributed by atoms with Gasteiger partial charge in [-0.25, -0.2) is 0 Å². The molecule has 0 aromatic carbocycles. The van der Waals surface area contributed by atoms with Gasteiger partial charge in [0.25, 0.3) is 0 Å².